The SMILES string of the molecule is CC1OB(O)c2cc(CO)c(F)cc21. The summed E-state index contributed by atoms with van der Waals surface area (Å²) in [7, 11) is -1.01. The van der Waals surface area contributed by atoms with Crippen LogP contribution in [0.15, 0.2) is 12.1 Å². The Hall–Kier alpha value is -0.905. The van der Waals surface area contributed by atoms with Crippen LogP contribution in [0.1, 0.15) is 24.2 Å². The first-order chi connectivity index (χ1) is 6.63. The van der Waals surface area contributed by atoms with Gasteiger partial charge in [0.15, 0.2) is 0 Å². The van der Waals surface area contributed by atoms with Crippen molar-refractivity contribution < 1.29 is 19.2 Å². The highest BCUT2D eigenvalue weighted by Gasteiger charge is 2.33. The highest BCUT2D eigenvalue weighted by atomic mass is 19.1. The molecule has 0 radical (unpaired) electrons. The third-order valence-electron chi connectivity index (χ3n) is 2.46. The summed E-state index contributed by atoms with van der Waals surface area (Å²) in [4.78, 5) is 0. The fourth-order valence-electron chi connectivity index (χ4n) is 1.68. The Morgan fingerprint density at radius 3 is 2.93 bits per heavy atom. The second-order valence-electron chi connectivity index (χ2n) is 3.36. The van der Waals surface area contributed by atoms with E-state index in [0.29, 0.717) is 11.0 Å². The van der Waals surface area contributed by atoms with E-state index in [9.17, 15) is 9.41 Å². The van der Waals surface area contributed by atoms with E-state index in [1.807, 2.05) is 0 Å². The molecule has 1 aromatic rings. The number of aliphatic hydroxyl groups excluding tert-OH is 1. The molecule has 14 heavy (non-hydrogen) atoms. The Bertz CT molecular complexity index is 369. The lowest BCUT2D eigenvalue weighted by atomic mass is 9.78. The van der Waals surface area contributed by atoms with Crippen LogP contribution in [0, 0.1) is 5.82 Å². The van der Waals surface area contributed by atoms with Crippen molar-refractivity contribution in [3.63, 3.8) is 0 Å². The van der Waals surface area contributed by atoms with Gasteiger partial charge in [0.2, 0.25) is 0 Å². The summed E-state index contributed by atoms with van der Waals surface area (Å²) in [5, 5.41) is 18.3. The third kappa shape index (κ3) is 1.34. The van der Waals surface area contributed by atoms with Crippen molar-refractivity contribution in [2.45, 2.75) is 19.6 Å². The molecule has 1 unspecified atom stereocenters. The molecule has 1 aliphatic heterocycles. The highest BCUT2D eigenvalue weighted by Crippen LogP contribution is 2.24. The van der Waals surface area contributed by atoms with Gasteiger partial charge >= 0.3 is 7.12 Å². The summed E-state index contributed by atoms with van der Waals surface area (Å²) in [6.45, 7) is 1.37. The Labute approximate surface area is 81.3 Å². The van der Waals surface area contributed by atoms with Gasteiger partial charge in [0.05, 0.1) is 12.7 Å². The molecule has 74 valence electrons. The number of hydrogen-bond acceptors (Lipinski definition) is 3. The van der Waals surface area contributed by atoms with Crippen LogP contribution >= 0.6 is 0 Å². The highest BCUT2D eigenvalue weighted by molar-refractivity contribution is 6.61. The lowest BCUT2D eigenvalue weighted by molar-refractivity contribution is 0.208. The zero-order valence-electron chi connectivity index (χ0n) is 7.70. The predicted octanol–water partition coefficient (Wildman–Crippen LogP) is 0.0967. The molecule has 0 saturated heterocycles. The summed E-state index contributed by atoms with van der Waals surface area (Å²) in [6.07, 6.45) is -0.303. The van der Waals surface area contributed by atoms with Crippen LogP contribution in [-0.4, -0.2) is 17.2 Å². The van der Waals surface area contributed by atoms with Gasteiger partial charge in [-0.2, -0.15) is 0 Å². The molecule has 0 bridgehead atoms. The van der Waals surface area contributed by atoms with Gasteiger partial charge in [-0.3, -0.25) is 0 Å². The quantitative estimate of drug-likeness (QED) is 0.626. The topological polar surface area (TPSA) is 49.7 Å². The van der Waals surface area contributed by atoms with Gasteiger partial charge < -0.3 is 14.8 Å². The van der Waals surface area contributed by atoms with Crippen molar-refractivity contribution in [2.24, 2.45) is 0 Å². The van der Waals surface area contributed by atoms with Crippen molar-refractivity contribution in [2.75, 3.05) is 0 Å². The van der Waals surface area contributed by atoms with E-state index >= 15 is 0 Å². The maximum atomic E-state index is 13.2. The zero-order valence-corrected chi connectivity index (χ0v) is 7.70. The molecule has 0 saturated carbocycles. The summed E-state index contributed by atoms with van der Waals surface area (Å²) in [5.41, 5.74) is 1.37. The van der Waals surface area contributed by atoms with Crippen LogP contribution < -0.4 is 5.46 Å². The molecule has 2 N–H and O–H groups in total. The maximum absolute atomic E-state index is 13.2. The van der Waals surface area contributed by atoms with Crippen molar-refractivity contribution >= 4 is 12.6 Å². The van der Waals surface area contributed by atoms with Crippen molar-refractivity contribution in [3.8, 4) is 0 Å². The van der Waals surface area contributed by atoms with E-state index in [1.54, 1.807) is 6.92 Å². The fraction of sp³-hybridized carbons (Fsp3) is 0.333. The summed E-state index contributed by atoms with van der Waals surface area (Å²) in [5.74, 6) is -0.462. The minimum atomic E-state index is -1.01. The smallest absolute Gasteiger partial charge is 0.423 e. The monoisotopic (exact) mass is 196 g/mol. The van der Waals surface area contributed by atoms with Crippen LogP contribution in [0.25, 0.3) is 0 Å². The molecule has 2 rings (SSSR count). The lowest BCUT2D eigenvalue weighted by Gasteiger charge is -2.05. The number of rotatable bonds is 1. The predicted molar refractivity (Wildman–Crippen MR) is 49.4 cm³/mol. The van der Waals surface area contributed by atoms with Gasteiger partial charge in [-0.15, -0.1) is 0 Å². The second kappa shape index (κ2) is 3.35. The first-order valence-corrected chi connectivity index (χ1v) is 4.40. The van der Waals surface area contributed by atoms with Crippen LogP contribution in [0.3, 0.4) is 0 Å². The van der Waals surface area contributed by atoms with E-state index in [2.05, 4.69) is 0 Å². The summed E-state index contributed by atoms with van der Waals surface area (Å²) < 4.78 is 18.3. The zero-order chi connectivity index (χ0) is 10.3. The van der Waals surface area contributed by atoms with Crippen LogP contribution in [0.2, 0.25) is 0 Å². The minimum absolute atomic E-state index is 0.181. The van der Waals surface area contributed by atoms with Gasteiger partial charge in [0.25, 0.3) is 0 Å². The third-order valence-corrected chi connectivity index (χ3v) is 2.46. The van der Waals surface area contributed by atoms with Gasteiger partial charge in [-0.1, -0.05) is 6.07 Å². The number of fused-ring (bicyclic) bond motifs is 1. The maximum Gasteiger partial charge on any atom is 0.491 e. The van der Waals surface area contributed by atoms with Crippen LogP contribution in [-0.2, 0) is 11.3 Å². The van der Waals surface area contributed by atoms with Crippen molar-refractivity contribution in [1.29, 1.82) is 0 Å². The number of benzene rings is 1. The molecule has 3 nitrogen and oxygen atoms in total. The Morgan fingerprint density at radius 1 is 1.57 bits per heavy atom. The Morgan fingerprint density at radius 2 is 2.29 bits per heavy atom. The van der Waals surface area contributed by atoms with E-state index < -0.39 is 12.9 Å². The van der Waals surface area contributed by atoms with Crippen LogP contribution in [0.5, 0.6) is 0 Å². The Balaban J connectivity index is 2.54. The molecule has 0 fully saturated rings. The van der Waals surface area contributed by atoms with Gasteiger partial charge in [0.1, 0.15) is 5.82 Å². The molecule has 0 aliphatic carbocycles. The minimum Gasteiger partial charge on any atom is -0.423 e. The number of aliphatic hydroxyl groups is 1. The van der Waals surface area contributed by atoms with Crippen molar-refractivity contribution in [1.82, 2.24) is 0 Å². The molecule has 1 heterocycles. The average molecular weight is 196 g/mol. The average Bonchev–Trinajstić information content (AvgIpc) is 2.41. The number of hydrogen-bond donors (Lipinski definition) is 2. The second-order valence-corrected chi connectivity index (χ2v) is 3.36. The molecular formula is C9H10BFO3. The number of halogens is 1. The van der Waals surface area contributed by atoms with E-state index in [4.69, 9.17) is 9.76 Å². The summed E-state index contributed by atoms with van der Waals surface area (Å²) >= 11 is 0. The first kappa shape index (κ1) is 9.64. The molecule has 1 aromatic carbocycles. The van der Waals surface area contributed by atoms with Gasteiger partial charge in [-0.05, 0) is 24.0 Å². The Kier molecular flexibility index (Phi) is 2.30. The van der Waals surface area contributed by atoms with E-state index in [0.717, 1.165) is 0 Å². The molecule has 1 atom stereocenters. The molecule has 0 aromatic heterocycles. The van der Waals surface area contributed by atoms with Gasteiger partial charge in [-0.25, -0.2) is 4.39 Å². The van der Waals surface area contributed by atoms with Gasteiger partial charge in [0, 0.05) is 5.56 Å². The fourth-order valence-corrected chi connectivity index (χ4v) is 1.68. The normalized spacial score (nSPS) is 20.0. The van der Waals surface area contributed by atoms with E-state index in [1.165, 1.54) is 12.1 Å². The molecule has 0 spiro atoms. The molecule has 5 heteroatoms. The standard InChI is InChI=1S/C9H10BFO3/c1-5-7-3-9(11)6(4-12)2-8(7)10(13)14-5/h2-3,5,12-13H,4H2,1H3. The first-order valence-electron chi connectivity index (χ1n) is 4.40. The van der Waals surface area contributed by atoms with Crippen molar-refractivity contribution in [3.05, 3.63) is 29.1 Å². The molecular weight excluding hydrogens is 186 g/mol. The van der Waals surface area contributed by atoms with Crippen LogP contribution in [0.4, 0.5) is 4.39 Å². The van der Waals surface area contributed by atoms with E-state index in [-0.39, 0.29) is 18.3 Å². The summed E-state index contributed by atoms with van der Waals surface area (Å²) in [6, 6.07) is 2.75. The molecule has 0 amide bonds. The lowest BCUT2D eigenvalue weighted by Crippen LogP contribution is -2.28. The largest absolute Gasteiger partial charge is 0.491 e. The molecule has 1 aliphatic rings.